The molecule has 0 unspecified atom stereocenters. The van der Waals surface area contributed by atoms with Crippen molar-refractivity contribution in [2.24, 2.45) is 0 Å². The summed E-state index contributed by atoms with van der Waals surface area (Å²) in [5, 5.41) is 11.7. The largest absolute Gasteiger partial charge is 0.301 e. The third-order valence-corrected chi connectivity index (χ3v) is 3.09. The van der Waals surface area contributed by atoms with Gasteiger partial charge in [0.05, 0.1) is 12.6 Å². The van der Waals surface area contributed by atoms with Gasteiger partial charge >= 0.3 is 0 Å². The lowest BCUT2D eigenvalue weighted by atomic mass is 9.78. The number of rotatable bonds is 4. The fraction of sp³-hybridized carbons (Fsp3) is 0.462. The quantitative estimate of drug-likeness (QED) is 0.761. The molecule has 0 aliphatic carbocycles. The van der Waals surface area contributed by atoms with Crippen LogP contribution in [0.2, 0.25) is 0 Å². The lowest BCUT2D eigenvalue weighted by Crippen LogP contribution is -2.42. The van der Waals surface area contributed by atoms with E-state index in [1.54, 1.807) is 0 Å². The first-order chi connectivity index (χ1) is 7.09. The Bertz CT molecular complexity index is 335. The summed E-state index contributed by atoms with van der Waals surface area (Å²) in [4.78, 5) is 0. The summed E-state index contributed by atoms with van der Waals surface area (Å²) in [6, 6.07) is 12.8. The molecule has 0 heterocycles. The van der Waals surface area contributed by atoms with Gasteiger partial charge in [-0.15, -0.1) is 0 Å². The van der Waals surface area contributed by atoms with E-state index in [0.29, 0.717) is 6.54 Å². The summed E-state index contributed by atoms with van der Waals surface area (Å²) in [5.41, 5.74) is 1.33. The Kier molecular flexibility index (Phi) is 3.88. The van der Waals surface area contributed by atoms with Gasteiger partial charge in [0, 0.05) is 11.5 Å². The molecule has 0 fully saturated rings. The monoisotopic (exact) mass is 202 g/mol. The summed E-state index contributed by atoms with van der Waals surface area (Å²) in [5.74, 6) is 0. The van der Waals surface area contributed by atoms with Crippen LogP contribution in [0, 0.1) is 11.3 Å². The summed E-state index contributed by atoms with van der Waals surface area (Å²) >= 11 is 0. The molecule has 0 amide bonds. The maximum atomic E-state index is 8.54. The highest BCUT2D eigenvalue weighted by Gasteiger charge is 2.26. The van der Waals surface area contributed by atoms with Gasteiger partial charge in [0.15, 0.2) is 0 Å². The molecule has 0 saturated heterocycles. The second kappa shape index (κ2) is 4.95. The van der Waals surface area contributed by atoms with Crippen LogP contribution in [0.1, 0.15) is 26.3 Å². The molecule has 1 rings (SSSR count). The minimum atomic E-state index is 0.0398. The second-order valence-corrected chi connectivity index (χ2v) is 4.35. The van der Waals surface area contributed by atoms with Crippen LogP contribution in [0.5, 0.6) is 0 Å². The maximum Gasteiger partial charge on any atom is 0.0843 e. The highest BCUT2D eigenvalue weighted by Crippen LogP contribution is 2.26. The zero-order valence-electron chi connectivity index (χ0n) is 9.62. The fourth-order valence-corrected chi connectivity index (χ4v) is 1.57. The van der Waals surface area contributed by atoms with Crippen molar-refractivity contribution in [1.82, 2.24) is 5.32 Å². The molecule has 2 nitrogen and oxygen atoms in total. The molecule has 1 atom stereocenters. The molecule has 0 aromatic heterocycles. The first-order valence-corrected chi connectivity index (χ1v) is 5.25. The molecule has 0 radical (unpaired) electrons. The standard InChI is InChI=1S/C13H18N2/c1-11(15-10-9-14)13(2,3)12-7-5-4-6-8-12/h4-8,11,15H,10H2,1-3H3/t11-/m1/s1. The Hall–Kier alpha value is -1.33. The van der Waals surface area contributed by atoms with E-state index in [1.165, 1.54) is 5.56 Å². The highest BCUT2D eigenvalue weighted by atomic mass is 14.9. The molecule has 0 aliphatic rings. The number of nitriles is 1. The molecule has 1 N–H and O–H groups in total. The lowest BCUT2D eigenvalue weighted by Gasteiger charge is -2.32. The third kappa shape index (κ3) is 2.81. The molecule has 15 heavy (non-hydrogen) atoms. The predicted molar refractivity (Wildman–Crippen MR) is 62.5 cm³/mol. The minimum absolute atomic E-state index is 0.0398. The van der Waals surface area contributed by atoms with Crippen molar-refractivity contribution in [2.75, 3.05) is 6.54 Å². The molecule has 1 aromatic carbocycles. The second-order valence-electron chi connectivity index (χ2n) is 4.35. The van der Waals surface area contributed by atoms with Crippen LogP contribution in [0.3, 0.4) is 0 Å². The summed E-state index contributed by atoms with van der Waals surface area (Å²) in [7, 11) is 0. The van der Waals surface area contributed by atoms with Gasteiger partial charge in [-0.25, -0.2) is 0 Å². The zero-order valence-corrected chi connectivity index (χ0v) is 9.62. The van der Waals surface area contributed by atoms with Gasteiger partial charge in [-0.05, 0) is 12.5 Å². The summed E-state index contributed by atoms with van der Waals surface area (Å²) < 4.78 is 0. The Morgan fingerprint density at radius 3 is 2.47 bits per heavy atom. The number of hydrogen-bond donors (Lipinski definition) is 1. The van der Waals surface area contributed by atoms with Crippen molar-refractivity contribution in [3.05, 3.63) is 35.9 Å². The van der Waals surface area contributed by atoms with Crippen molar-refractivity contribution >= 4 is 0 Å². The van der Waals surface area contributed by atoms with Gasteiger partial charge in [-0.3, -0.25) is 0 Å². The van der Waals surface area contributed by atoms with Gasteiger partial charge in [0.2, 0.25) is 0 Å². The van der Waals surface area contributed by atoms with Crippen LogP contribution in [-0.2, 0) is 5.41 Å². The maximum absolute atomic E-state index is 8.54. The Morgan fingerprint density at radius 2 is 1.93 bits per heavy atom. The molecule has 1 aromatic rings. The zero-order chi connectivity index (χ0) is 11.3. The van der Waals surface area contributed by atoms with Crippen LogP contribution < -0.4 is 5.32 Å². The number of hydrogen-bond acceptors (Lipinski definition) is 2. The van der Waals surface area contributed by atoms with E-state index >= 15 is 0 Å². The molecule has 0 bridgehead atoms. The molecular weight excluding hydrogens is 184 g/mol. The van der Waals surface area contributed by atoms with Crippen LogP contribution in [0.15, 0.2) is 30.3 Å². The molecule has 2 heteroatoms. The average molecular weight is 202 g/mol. The van der Waals surface area contributed by atoms with Crippen LogP contribution >= 0.6 is 0 Å². The first kappa shape index (κ1) is 11.7. The molecule has 80 valence electrons. The van der Waals surface area contributed by atoms with Gasteiger partial charge in [0.1, 0.15) is 0 Å². The van der Waals surface area contributed by atoms with E-state index in [4.69, 9.17) is 5.26 Å². The predicted octanol–water partition coefficient (Wildman–Crippen LogP) is 2.47. The van der Waals surface area contributed by atoms with E-state index < -0.39 is 0 Å². The topological polar surface area (TPSA) is 35.8 Å². The summed E-state index contributed by atoms with van der Waals surface area (Å²) in [6.45, 7) is 6.90. The molecule has 0 spiro atoms. The Morgan fingerprint density at radius 1 is 1.33 bits per heavy atom. The normalized spacial score (nSPS) is 13.2. The van der Waals surface area contributed by atoms with Gasteiger partial charge in [-0.2, -0.15) is 5.26 Å². The van der Waals surface area contributed by atoms with Crippen molar-refractivity contribution in [2.45, 2.75) is 32.2 Å². The van der Waals surface area contributed by atoms with Gasteiger partial charge in [0.25, 0.3) is 0 Å². The SMILES string of the molecule is C[C@@H](NCC#N)C(C)(C)c1ccccc1. The highest BCUT2D eigenvalue weighted by molar-refractivity contribution is 5.25. The Labute approximate surface area is 91.9 Å². The molecule has 0 aliphatic heterocycles. The number of benzene rings is 1. The van der Waals surface area contributed by atoms with Crippen LogP contribution in [-0.4, -0.2) is 12.6 Å². The van der Waals surface area contributed by atoms with E-state index in [-0.39, 0.29) is 11.5 Å². The summed E-state index contributed by atoms with van der Waals surface area (Å²) in [6.07, 6.45) is 0. The Balaban J connectivity index is 2.79. The van der Waals surface area contributed by atoms with E-state index in [9.17, 15) is 0 Å². The van der Waals surface area contributed by atoms with Crippen molar-refractivity contribution in [3.8, 4) is 6.07 Å². The molecule has 0 saturated carbocycles. The lowest BCUT2D eigenvalue weighted by molar-refractivity contribution is 0.374. The van der Waals surface area contributed by atoms with Crippen molar-refractivity contribution < 1.29 is 0 Å². The number of nitrogens with one attached hydrogen (secondary N) is 1. The van der Waals surface area contributed by atoms with Gasteiger partial charge < -0.3 is 5.32 Å². The van der Waals surface area contributed by atoms with E-state index in [0.717, 1.165) is 0 Å². The van der Waals surface area contributed by atoms with Crippen LogP contribution in [0.4, 0.5) is 0 Å². The first-order valence-electron chi connectivity index (χ1n) is 5.25. The smallest absolute Gasteiger partial charge is 0.0843 e. The minimum Gasteiger partial charge on any atom is -0.301 e. The third-order valence-electron chi connectivity index (χ3n) is 3.09. The van der Waals surface area contributed by atoms with E-state index in [2.05, 4.69) is 44.3 Å². The average Bonchev–Trinajstić information content (AvgIpc) is 2.27. The van der Waals surface area contributed by atoms with Crippen molar-refractivity contribution in [3.63, 3.8) is 0 Å². The van der Waals surface area contributed by atoms with Crippen LogP contribution in [0.25, 0.3) is 0 Å². The fourth-order valence-electron chi connectivity index (χ4n) is 1.57. The number of nitrogens with zero attached hydrogens (tertiary/aromatic N) is 1. The molecular formula is C13H18N2. The van der Waals surface area contributed by atoms with Gasteiger partial charge in [-0.1, -0.05) is 44.2 Å². The van der Waals surface area contributed by atoms with Crippen molar-refractivity contribution in [1.29, 1.82) is 5.26 Å². The van der Waals surface area contributed by atoms with E-state index in [1.807, 2.05) is 18.2 Å².